The molecule has 1 N–H and O–H groups in total. The molecule has 108 valence electrons. The highest BCUT2D eigenvalue weighted by atomic mass is 16.5. The van der Waals surface area contributed by atoms with E-state index in [-0.39, 0.29) is 0 Å². The molecule has 2 nitrogen and oxygen atoms in total. The number of ether oxygens (including phenoxy) is 1. The Bertz CT molecular complexity index is 321. The van der Waals surface area contributed by atoms with Crippen molar-refractivity contribution in [1.29, 1.82) is 0 Å². The summed E-state index contributed by atoms with van der Waals surface area (Å²) in [5.41, 5.74) is 2.79. The molecule has 1 unspecified atom stereocenters. The zero-order valence-corrected chi connectivity index (χ0v) is 12.7. The predicted molar refractivity (Wildman–Crippen MR) is 82.6 cm³/mol. The highest BCUT2D eigenvalue weighted by molar-refractivity contribution is 5.24. The van der Waals surface area contributed by atoms with Crippen LogP contribution in [0, 0.1) is 0 Å². The Morgan fingerprint density at radius 1 is 1.05 bits per heavy atom. The maximum Gasteiger partial charge on any atom is 0.0591 e. The second kappa shape index (κ2) is 9.99. The first-order valence-electron chi connectivity index (χ1n) is 7.67. The normalized spacial score (nSPS) is 12.6. The minimum Gasteiger partial charge on any atom is -0.380 e. The van der Waals surface area contributed by atoms with Crippen molar-refractivity contribution in [3.63, 3.8) is 0 Å². The molecule has 0 spiro atoms. The Hall–Kier alpha value is -0.860. The van der Waals surface area contributed by atoms with Crippen LogP contribution in [0.15, 0.2) is 24.3 Å². The van der Waals surface area contributed by atoms with E-state index in [1.165, 1.54) is 30.4 Å². The Morgan fingerprint density at radius 2 is 1.79 bits per heavy atom. The number of benzene rings is 1. The largest absolute Gasteiger partial charge is 0.380 e. The molecule has 0 fully saturated rings. The van der Waals surface area contributed by atoms with E-state index in [1.807, 2.05) is 0 Å². The van der Waals surface area contributed by atoms with E-state index in [2.05, 4.69) is 50.4 Å². The third kappa shape index (κ3) is 6.74. The summed E-state index contributed by atoms with van der Waals surface area (Å²) in [6, 6.07) is 9.36. The van der Waals surface area contributed by atoms with Gasteiger partial charge in [-0.25, -0.2) is 0 Å². The minimum absolute atomic E-state index is 0.394. The summed E-state index contributed by atoms with van der Waals surface area (Å²) in [6.07, 6.45) is 4.75. The van der Waals surface area contributed by atoms with Crippen molar-refractivity contribution < 1.29 is 4.74 Å². The lowest BCUT2D eigenvalue weighted by molar-refractivity contribution is 0.131. The van der Waals surface area contributed by atoms with Crippen molar-refractivity contribution >= 4 is 0 Å². The van der Waals surface area contributed by atoms with E-state index in [4.69, 9.17) is 4.74 Å². The first-order chi connectivity index (χ1) is 9.27. The van der Waals surface area contributed by atoms with Gasteiger partial charge in [-0.05, 0) is 30.9 Å². The maximum absolute atomic E-state index is 5.55. The summed E-state index contributed by atoms with van der Waals surface area (Å²) >= 11 is 0. The average Bonchev–Trinajstić information content (AvgIpc) is 2.43. The number of hydrogen-bond acceptors (Lipinski definition) is 2. The van der Waals surface area contributed by atoms with Crippen LogP contribution in [0.25, 0.3) is 0 Å². The van der Waals surface area contributed by atoms with Crippen molar-refractivity contribution in [2.24, 2.45) is 0 Å². The molecule has 2 heteroatoms. The van der Waals surface area contributed by atoms with Crippen LogP contribution >= 0.6 is 0 Å². The van der Waals surface area contributed by atoms with Crippen LogP contribution in [0.3, 0.4) is 0 Å². The molecule has 19 heavy (non-hydrogen) atoms. The fourth-order valence-electron chi connectivity index (χ4n) is 2.08. The summed E-state index contributed by atoms with van der Waals surface area (Å²) in [6.45, 7) is 9.22. The molecule has 1 aromatic rings. The molecule has 1 rings (SSSR count). The zero-order chi connectivity index (χ0) is 13.9. The van der Waals surface area contributed by atoms with Gasteiger partial charge in [-0.3, -0.25) is 0 Å². The van der Waals surface area contributed by atoms with Crippen molar-refractivity contribution in [1.82, 2.24) is 5.32 Å². The molecule has 0 aliphatic carbocycles. The molecule has 0 heterocycles. The summed E-state index contributed by atoms with van der Waals surface area (Å²) in [5.74, 6) is 0. The monoisotopic (exact) mass is 263 g/mol. The van der Waals surface area contributed by atoms with Crippen LogP contribution in [0.1, 0.15) is 57.2 Å². The Morgan fingerprint density at radius 3 is 2.42 bits per heavy atom. The summed E-state index contributed by atoms with van der Waals surface area (Å²) in [5, 5.41) is 3.50. The molecular weight excluding hydrogens is 234 g/mol. The number of aryl methyl sites for hydroxylation is 1. The Kier molecular flexibility index (Phi) is 8.52. The molecule has 0 aliphatic rings. The smallest absolute Gasteiger partial charge is 0.0591 e. The predicted octanol–water partition coefficient (Wildman–Crippen LogP) is 4.11. The lowest BCUT2D eigenvalue weighted by atomic mass is 10.0. The average molecular weight is 263 g/mol. The molecule has 0 radical (unpaired) electrons. The van der Waals surface area contributed by atoms with Gasteiger partial charge in [0.25, 0.3) is 0 Å². The maximum atomic E-state index is 5.55. The molecule has 0 bridgehead atoms. The van der Waals surface area contributed by atoms with Crippen molar-refractivity contribution in [3.05, 3.63) is 35.4 Å². The van der Waals surface area contributed by atoms with Crippen molar-refractivity contribution in [2.75, 3.05) is 19.8 Å². The van der Waals surface area contributed by atoms with E-state index in [0.717, 1.165) is 26.2 Å². The Balaban J connectivity index is 2.23. The molecule has 1 atom stereocenters. The van der Waals surface area contributed by atoms with Gasteiger partial charge in [-0.1, -0.05) is 51.0 Å². The third-order valence-corrected chi connectivity index (χ3v) is 3.36. The zero-order valence-electron chi connectivity index (χ0n) is 12.7. The van der Waals surface area contributed by atoms with Crippen molar-refractivity contribution in [2.45, 2.75) is 52.5 Å². The first kappa shape index (κ1) is 16.2. The van der Waals surface area contributed by atoms with Crippen molar-refractivity contribution in [3.8, 4) is 0 Å². The van der Waals surface area contributed by atoms with Crippen LogP contribution in [-0.2, 0) is 11.2 Å². The second-order valence-electron chi connectivity index (χ2n) is 5.13. The number of rotatable bonds is 10. The molecule has 0 aromatic heterocycles. The van der Waals surface area contributed by atoms with E-state index in [1.54, 1.807) is 0 Å². The van der Waals surface area contributed by atoms with Gasteiger partial charge in [0.05, 0.1) is 6.61 Å². The van der Waals surface area contributed by atoms with Gasteiger partial charge in [0.1, 0.15) is 0 Å². The number of hydrogen-bond donors (Lipinski definition) is 1. The van der Waals surface area contributed by atoms with Gasteiger partial charge in [0, 0.05) is 19.2 Å². The van der Waals surface area contributed by atoms with Crippen LogP contribution in [0.5, 0.6) is 0 Å². The van der Waals surface area contributed by atoms with E-state index >= 15 is 0 Å². The van der Waals surface area contributed by atoms with Crippen LogP contribution in [0.2, 0.25) is 0 Å². The first-order valence-corrected chi connectivity index (χ1v) is 7.67. The quantitative estimate of drug-likeness (QED) is 0.642. The van der Waals surface area contributed by atoms with Gasteiger partial charge in [-0.15, -0.1) is 0 Å². The minimum atomic E-state index is 0.394. The molecule has 0 aliphatic heterocycles. The van der Waals surface area contributed by atoms with E-state index in [9.17, 15) is 0 Å². The summed E-state index contributed by atoms with van der Waals surface area (Å²) < 4.78 is 5.55. The summed E-state index contributed by atoms with van der Waals surface area (Å²) in [7, 11) is 0. The topological polar surface area (TPSA) is 21.3 Å². The molecule has 0 saturated carbocycles. The highest BCUT2D eigenvalue weighted by Gasteiger charge is 2.04. The number of unbranched alkanes of at least 4 members (excludes halogenated alkanes) is 1. The fourth-order valence-corrected chi connectivity index (χ4v) is 2.08. The Labute approximate surface area is 118 Å². The molecule has 0 saturated heterocycles. The molecular formula is C17H29NO. The van der Waals surface area contributed by atoms with E-state index < -0.39 is 0 Å². The highest BCUT2D eigenvalue weighted by Crippen LogP contribution is 2.14. The van der Waals surface area contributed by atoms with Gasteiger partial charge in [0.15, 0.2) is 0 Å². The van der Waals surface area contributed by atoms with Crippen LogP contribution < -0.4 is 5.32 Å². The SMILES string of the molecule is CCCCOCCNC(C)c1ccc(CCC)cc1. The second-order valence-corrected chi connectivity index (χ2v) is 5.13. The third-order valence-electron chi connectivity index (χ3n) is 3.36. The molecule has 1 aromatic carbocycles. The van der Waals surface area contributed by atoms with Gasteiger partial charge in [0.2, 0.25) is 0 Å². The molecule has 0 amide bonds. The summed E-state index contributed by atoms with van der Waals surface area (Å²) in [4.78, 5) is 0. The van der Waals surface area contributed by atoms with Gasteiger partial charge < -0.3 is 10.1 Å². The van der Waals surface area contributed by atoms with Gasteiger partial charge in [-0.2, -0.15) is 0 Å². The van der Waals surface area contributed by atoms with Gasteiger partial charge >= 0.3 is 0 Å². The lowest BCUT2D eigenvalue weighted by Gasteiger charge is -2.15. The lowest BCUT2D eigenvalue weighted by Crippen LogP contribution is -2.23. The number of nitrogens with one attached hydrogen (secondary N) is 1. The van der Waals surface area contributed by atoms with Crippen LogP contribution in [-0.4, -0.2) is 19.8 Å². The van der Waals surface area contributed by atoms with Crippen LogP contribution in [0.4, 0.5) is 0 Å². The van der Waals surface area contributed by atoms with E-state index in [0.29, 0.717) is 6.04 Å². The standard InChI is InChI=1S/C17H29NO/c1-4-6-13-19-14-12-18-15(3)17-10-8-16(7-5-2)9-11-17/h8-11,15,18H,4-7,12-14H2,1-3H3. The fraction of sp³-hybridized carbons (Fsp3) is 0.647.